The summed E-state index contributed by atoms with van der Waals surface area (Å²) in [6.45, 7) is 6.81. The predicted molar refractivity (Wildman–Crippen MR) is 122 cm³/mol. The number of nitrogens with zero attached hydrogens (tertiary/aromatic N) is 1. The first kappa shape index (κ1) is 21.6. The molecule has 0 bridgehead atoms. The van der Waals surface area contributed by atoms with Gasteiger partial charge in [0.1, 0.15) is 16.8 Å². The normalized spacial score (nSPS) is 16.3. The second kappa shape index (κ2) is 8.73. The Morgan fingerprint density at radius 2 is 2.17 bits per heavy atom. The second-order valence-corrected chi connectivity index (χ2v) is 10.4. The van der Waals surface area contributed by atoms with E-state index >= 15 is 0 Å². The minimum absolute atomic E-state index is 0.240. The lowest BCUT2D eigenvalue weighted by molar-refractivity contribution is -0.111. The zero-order chi connectivity index (χ0) is 21.2. The Kier molecular flexibility index (Phi) is 6.50. The van der Waals surface area contributed by atoms with Crippen molar-refractivity contribution in [3.05, 3.63) is 50.3 Å². The van der Waals surface area contributed by atoms with Crippen molar-refractivity contribution in [2.75, 3.05) is 12.4 Å². The number of amides is 1. The van der Waals surface area contributed by atoms with E-state index in [-0.39, 0.29) is 11.3 Å². The predicted octanol–water partition coefficient (Wildman–Crippen LogP) is 6.19. The van der Waals surface area contributed by atoms with Gasteiger partial charge in [-0.05, 0) is 60.4 Å². The van der Waals surface area contributed by atoms with E-state index in [1.807, 2.05) is 18.2 Å². The van der Waals surface area contributed by atoms with E-state index < -0.39 is 0 Å². The number of methoxy groups -OCH3 is 1. The fourth-order valence-electron chi connectivity index (χ4n) is 3.69. The van der Waals surface area contributed by atoms with Crippen LogP contribution in [0.5, 0.6) is 5.75 Å². The van der Waals surface area contributed by atoms with Gasteiger partial charge in [-0.1, -0.05) is 36.7 Å². The van der Waals surface area contributed by atoms with Crippen molar-refractivity contribution in [2.45, 2.75) is 40.0 Å². The molecule has 2 aromatic rings. The van der Waals surface area contributed by atoms with Crippen LogP contribution in [0, 0.1) is 22.7 Å². The van der Waals surface area contributed by atoms with Crippen LogP contribution in [0.15, 0.2) is 28.7 Å². The third-order valence-corrected chi connectivity index (χ3v) is 7.11. The lowest BCUT2D eigenvalue weighted by atomic mass is 9.72. The molecule has 0 fully saturated rings. The number of carbonyl (C=O) groups excluding carboxylic acids is 1. The molecule has 0 aliphatic heterocycles. The monoisotopic (exact) mass is 472 g/mol. The Bertz CT molecular complexity index is 996. The number of nitrogens with one attached hydrogen (secondary N) is 1. The summed E-state index contributed by atoms with van der Waals surface area (Å²) in [6.07, 6.45) is 6.14. The number of rotatable bonds is 4. The quantitative estimate of drug-likeness (QED) is 0.539. The van der Waals surface area contributed by atoms with Crippen molar-refractivity contribution in [1.29, 1.82) is 5.26 Å². The van der Waals surface area contributed by atoms with Gasteiger partial charge >= 0.3 is 0 Å². The fraction of sp³-hybridized carbons (Fsp3) is 0.391. The van der Waals surface area contributed by atoms with Gasteiger partial charge in [-0.25, -0.2) is 0 Å². The van der Waals surface area contributed by atoms with Crippen LogP contribution in [0.25, 0.3) is 6.08 Å². The summed E-state index contributed by atoms with van der Waals surface area (Å²) in [6, 6.07) is 7.92. The largest absolute Gasteiger partial charge is 0.496 e. The molecule has 1 N–H and O–H groups in total. The Labute approximate surface area is 184 Å². The molecular weight excluding hydrogens is 448 g/mol. The third-order valence-electron chi connectivity index (χ3n) is 5.44. The van der Waals surface area contributed by atoms with Crippen LogP contribution in [0.1, 0.15) is 48.8 Å². The van der Waals surface area contributed by atoms with Gasteiger partial charge < -0.3 is 10.1 Å². The zero-order valence-corrected chi connectivity index (χ0v) is 19.5. The maximum Gasteiger partial charge on any atom is 0.249 e. The van der Waals surface area contributed by atoms with Crippen LogP contribution in [-0.2, 0) is 17.6 Å². The van der Waals surface area contributed by atoms with E-state index in [0.717, 1.165) is 34.9 Å². The van der Waals surface area contributed by atoms with E-state index in [2.05, 4.69) is 48.1 Å². The van der Waals surface area contributed by atoms with Gasteiger partial charge in [0.25, 0.3) is 0 Å². The van der Waals surface area contributed by atoms with E-state index in [1.165, 1.54) is 11.0 Å². The maximum atomic E-state index is 12.5. The smallest absolute Gasteiger partial charge is 0.249 e. The number of fused-ring (bicyclic) bond motifs is 1. The Balaban J connectivity index is 1.79. The third kappa shape index (κ3) is 4.91. The molecule has 4 nitrogen and oxygen atoms in total. The lowest BCUT2D eigenvalue weighted by Gasteiger charge is -2.33. The number of thiophene rings is 1. The van der Waals surface area contributed by atoms with Crippen LogP contribution in [0.4, 0.5) is 5.00 Å². The highest BCUT2D eigenvalue weighted by Crippen LogP contribution is 2.44. The Hall–Kier alpha value is -2.10. The molecule has 152 valence electrons. The summed E-state index contributed by atoms with van der Waals surface area (Å²) < 4.78 is 6.24. The number of nitriles is 1. The van der Waals surface area contributed by atoms with Crippen molar-refractivity contribution < 1.29 is 9.53 Å². The number of hydrogen-bond acceptors (Lipinski definition) is 4. The van der Waals surface area contributed by atoms with Crippen molar-refractivity contribution >= 4 is 44.3 Å². The van der Waals surface area contributed by atoms with Crippen LogP contribution < -0.4 is 10.1 Å². The van der Waals surface area contributed by atoms with Crippen molar-refractivity contribution in [3.63, 3.8) is 0 Å². The molecule has 1 aliphatic carbocycles. The van der Waals surface area contributed by atoms with E-state index in [0.29, 0.717) is 22.2 Å². The maximum absolute atomic E-state index is 12.5. The molecule has 0 saturated carbocycles. The van der Waals surface area contributed by atoms with E-state index in [1.54, 1.807) is 24.5 Å². The highest BCUT2D eigenvalue weighted by molar-refractivity contribution is 9.10. The molecule has 1 aromatic heterocycles. The number of halogens is 1. The highest BCUT2D eigenvalue weighted by Gasteiger charge is 2.32. The first-order chi connectivity index (χ1) is 13.7. The summed E-state index contributed by atoms with van der Waals surface area (Å²) in [4.78, 5) is 13.8. The lowest BCUT2D eigenvalue weighted by Crippen LogP contribution is -2.26. The molecule has 1 aliphatic rings. The molecular formula is C23H25BrN2O2S. The SMILES string of the molecule is COc1ccc(Br)cc1/C=C/C(=O)Nc1sc2c(c1C#N)CCC(C(C)(C)C)C2. The second-order valence-electron chi connectivity index (χ2n) is 8.33. The van der Waals surface area contributed by atoms with E-state index in [9.17, 15) is 10.1 Å². The van der Waals surface area contributed by atoms with E-state index in [4.69, 9.17) is 4.74 Å². The molecule has 0 radical (unpaired) electrons. The molecule has 1 unspecified atom stereocenters. The van der Waals surface area contributed by atoms with Crippen LogP contribution in [-0.4, -0.2) is 13.0 Å². The first-order valence-electron chi connectivity index (χ1n) is 9.60. The molecule has 3 rings (SSSR count). The number of carbonyl (C=O) groups is 1. The summed E-state index contributed by atoms with van der Waals surface area (Å²) >= 11 is 4.98. The Morgan fingerprint density at radius 1 is 1.41 bits per heavy atom. The molecule has 1 aromatic carbocycles. The minimum Gasteiger partial charge on any atom is -0.496 e. The molecule has 1 atom stereocenters. The summed E-state index contributed by atoms with van der Waals surface area (Å²) in [5.41, 5.74) is 2.78. The van der Waals surface area contributed by atoms with Crippen LogP contribution in [0.2, 0.25) is 0 Å². The standard InChI is InChI=1S/C23H25BrN2O2S/c1-23(2,3)15-6-8-17-18(13-25)22(29-20(17)12-15)26-21(27)10-5-14-11-16(24)7-9-19(14)28-4/h5,7,9-11,15H,6,8,12H2,1-4H3,(H,26,27)/b10-5+. The van der Waals surface area contributed by atoms with Gasteiger partial charge in [-0.15, -0.1) is 11.3 Å². The summed E-state index contributed by atoms with van der Waals surface area (Å²) in [7, 11) is 1.60. The average molecular weight is 473 g/mol. The highest BCUT2D eigenvalue weighted by atomic mass is 79.9. The zero-order valence-electron chi connectivity index (χ0n) is 17.1. The molecule has 1 amide bonds. The van der Waals surface area contributed by atoms with Gasteiger partial charge in [0.05, 0.1) is 12.7 Å². The van der Waals surface area contributed by atoms with Gasteiger partial charge in [-0.2, -0.15) is 5.26 Å². The molecule has 6 heteroatoms. The van der Waals surface area contributed by atoms with Crippen molar-refractivity contribution in [2.24, 2.45) is 11.3 Å². The summed E-state index contributed by atoms with van der Waals surface area (Å²) in [5.74, 6) is 1.02. The van der Waals surface area contributed by atoms with Crippen molar-refractivity contribution in [3.8, 4) is 11.8 Å². The number of benzene rings is 1. The van der Waals surface area contributed by atoms with Gasteiger partial charge in [0, 0.05) is 21.0 Å². The van der Waals surface area contributed by atoms with Crippen molar-refractivity contribution in [1.82, 2.24) is 0 Å². The topological polar surface area (TPSA) is 62.1 Å². The number of ether oxygens (including phenoxy) is 1. The van der Waals surface area contributed by atoms with Gasteiger partial charge in [0.2, 0.25) is 5.91 Å². The van der Waals surface area contributed by atoms with Gasteiger partial charge in [0.15, 0.2) is 0 Å². The summed E-state index contributed by atoms with van der Waals surface area (Å²) in [5, 5.41) is 13.2. The number of anilines is 1. The molecule has 0 saturated heterocycles. The molecule has 29 heavy (non-hydrogen) atoms. The number of hydrogen-bond donors (Lipinski definition) is 1. The van der Waals surface area contributed by atoms with Gasteiger partial charge in [-0.3, -0.25) is 4.79 Å². The molecule has 1 heterocycles. The minimum atomic E-state index is -0.255. The molecule has 0 spiro atoms. The fourth-order valence-corrected chi connectivity index (χ4v) is 5.35. The van der Waals surface area contributed by atoms with Crippen LogP contribution in [0.3, 0.4) is 0 Å². The average Bonchev–Trinajstić information content (AvgIpc) is 3.01. The van der Waals surface area contributed by atoms with Crippen LogP contribution >= 0.6 is 27.3 Å². The first-order valence-corrected chi connectivity index (χ1v) is 11.2. The Morgan fingerprint density at radius 3 is 2.83 bits per heavy atom.